The summed E-state index contributed by atoms with van der Waals surface area (Å²) in [7, 11) is 0. The smallest absolute Gasteiger partial charge is 0.433 e. The minimum Gasteiger partial charge on any atom is -0.480 e. The number of carbonyl (C=O) groups is 1. The van der Waals surface area contributed by atoms with Gasteiger partial charge >= 0.3 is 17.8 Å². The third kappa shape index (κ3) is 2.91. The van der Waals surface area contributed by atoms with Crippen LogP contribution in [0.2, 0.25) is 0 Å². The van der Waals surface area contributed by atoms with Crippen molar-refractivity contribution in [3.63, 3.8) is 0 Å². The summed E-state index contributed by atoms with van der Waals surface area (Å²) in [6.07, 6.45) is -3.24. The number of carboxylic acids is 1. The van der Waals surface area contributed by atoms with Gasteiger partial charge in [0, 0.05) is 6.42 Å². The van der Waals surface area contributed by atoms with E-state index in [1.165, 1.54) is 12.1 Å². The molecule has 2 aromatic rings. The van der Waals surface area contributed by atoms with E-state index in [1.807, 2.05) is 0 Å². The summed E-state index contributed by atoms with van der Waals surface area (Å²) in [5, 5.41) is 13.3. The van der Waals surface area contributed by atoms with Crippen LogP contribution in [0.25, 0.3) is 0 Å². The fraction of sp³-hybridized carbons (Fsp3) is 0.429. The summed E-state index contributed by atoms with van der Waals surface area (Å²) in [5.41, 5.74) is -1.69. The zero-order chi connectivity index (χ0) is 17.5. The second-order valence-electron chi connectivity index (χ2n) is 5.48. The Morgan fingerprint density at radius 3 is 2.79 bits per heavy atom. The zero-order valence-corrected chi connectivity index (χ0v) is 12.3. The molecule has 3 rings (SSSR count). The number of aliphatic carboxylic acids is 1. The maximum Gasteiger partial charge on any atom is 0.433 e. The number of hydrogen-bond acceptors (Lipinski definition) is 4. The Hall–Kier alpha value is -2.65. The van der Waals surface area contributed by atoms with Gasteiger partial charge in [-0.25, -0.2) is 19.3 Å². The summed E-state index contributed by atoms with van der Waals surface area (Å²) < 4.78 is 40.1. The van der Waals surface area contributed by atoms with Crippen LogP contribution in [-0.4, -0.2) is 30.4 Å². The van der Waals surface area contributed by atoms with Gasteiger partial charge in [-0.2, -0.15) is 18.3 Å². The van der Waals surface area contributed by atoms with Gasteiger partial charge in [0.1, 0.15) is 17.6 Å². The van der Waals surface area contributed by atoms with Crippen LogP contribution in [0, 0.1) is 0 Å². The minimum absolute atomic E-state index is 0.0225. The van der Waals surface area contributed by atoms with E-state index in [4.69, 9.17) is 0 Å². The molecule has 0 amide bonds. The first-order valence-corrected chi connectivity index (χ1v) is 7.21. The van der Waals surface area contributed by atoms with Gasteiger partial charge in [-0.05, 0) is 25.0 Å². The van der Waals surface area contributed by atoms with E-state index in [0.717, 1.165) is 15.3 Å². The second-order valence-corrected chi connectivity index (χ2v) is 5.48. The SMILES string of the molecule is O=C(O)C1CCCc2nn(Cc3cccc(C(F)(F)F)n3)c(=O)n21. The molecule has 0 aliphatic carbocycles. The molecule has 7 nitrogen and oxygen atoms in total. The molecule has 0 fully saturated rings. The fourth-order valence-corrected chi connectivity index (χ4v) is 2.75. The van der Waals surface area contributed by atoms with Gasteiger partial charge in [-0.1, -0.05) is 6.07 Å². The topological polar surface area (TPSA) is 90.0 Å². The van der Waals surface area contributed by atoms with Crippen molar-refractivity contribution in [3.8, 4) is 0 Å². The summed E-state index contributed by atoms with van der Waals surface area (Å²) in [6.45, 7) is -0.255. The van der Waals surface area contributed by atoms with Gasteiger partial charge in [-0.15, -0.1) is 0 Å². The highest BCUT2D eigenvalue weighted by Crippen LogP contribution is 2.27. The summed E-state index contributed by atoms with van der Waals surface area (Å²) in [5.74, 6) is -0.805. The number of carboxylic acid groups (broad SMARTS) is 1. The molecule has 128 valence electrons. The average molecular weight is 342 g/mol. The second kappa shape index (κ2) is 5.77. The Balaban J connectivity index is 1.95. The lowest BCUT2D eigenvalue weighted by atomic mass is 10.1. The van der Waals surface area contributed by atoms with Crippen molar-refractivity contribution >= 4 is 5.97 Å². The highest BCUT2D eigenvalue weighted by molar-refractivity contribution is 5.72. The number of pyridine rings is 1. The van der Waals surface area contributed by atoms with Crippen molar-refractivity contribution in [2.24, 2.45) is 0 Å². The molecule has 0 radical (unpaired) electrons. The molecular formula is C14H13F3N4O3. The monoisotopic (exact) mass is 342 g/mol. The molecule has 0 saturated carbocycles. The molecule has 0 aromatic carbocycles. The first-order chi connectivity index (χ1) is 11.3. The standard InChI is InChI=1S/C14H13F3N4O3/c15-14(16,17)10-5-1-3-8(18-10)7-20-13(24)21-9(12(22)23)4-2-6-11(21)19-20/h1,3,5,9H,2,4,6-7H2,(H,22,23). The number of hydrogen-bond donors (Lipinski definition) is 1. The first kappa shape index (κ1) is 16.2. The van der Waals surface area contributed by atoms with Gasteiger partial charge in [0.2, 0.25) is 0 Å². The van der Waals surface area contributed by atoms with Crippen molar-refractivity contribution in [2.45, 2.75) is 38.0 Å². The van der Waals surface area contributed by atoms with E-state index < -0.39 is 29.6 Å². The van der Waals surface area contributed by atoms with Crippen molar-refractivity contribution in [1.29, 1.82) is 0 Å². The molecule has 1 atom stereocenters. The molecule has 1 N–H and O–H groups in total. The lowest BCUT2D eigenvalue weighted by Gasteiger charge is -2.19. The lowest BCUT2D eigenvalue weighted by molar-refractivity contribution is -0.142. The molecule has 1 unspecified atom stereocenters. The predicted octanol–water partition coefficient (Wildman–Crippen LogP) is 1.47. The van der Waals surface area contributed by atoms with Crippen molar-refractivity contribution < 1.29 is 23.1 Å². The van der Waals surface area contributed by atoms with Crippen LogP contribution in [0.4, 0.5) is 13.2 Å². The van der Waals surface area contributed by atoms with E-state index in [2.05, 4.69) is 10.1 Å². The number of aryl methyl sites for hydroxylation is 1. The highest BCUT2D eigenvalue weighted by Gasteiger charge is 2.33. The Kier molecular flexibility index (Phi) is 3.90. The number of aromatic nitrogens is 4. The summed E-state index contributed by atoms with van der Waals surface area (Å²) in [6, 6.07) is 2.40. The highest BCUT2D eigenvalue weighted by atomic mass is 19.4. The Labute approximate surface area is 133 Å². The van der Waals surface area contributed by atoms with Crippen LogP contribution >= 0.6 is 0 Å². The Bertz CT molecular complexity index is 841. The molecule has 2 aromatic heterocycles. The molecule has 10 heteroatoms. The molecule has 3 heterocycles. The zero-order valence-electron chi connectivity index (χ0n) is 12.3. The third-order valence-corrected chi connectivity index (χ3v) is 3.82. The minimum atomic E-state index is -4.58. The fourth-order valence-electron chi connectivity index (χ4n) is 2.75. The maximum atomic E-state index is 12.7. The van der Waals surface area contributed by atoms with E-state index in [-0.39, 0.29) is 12.2 Å². The average Bonchev–Trinajstić information content (AvgIpc) is 2.83. The van der Waals surface area contributed by atoms with Gasteiger partial charge in [0.05, 0.1) is 12.2 Å². The molecule has 1 aliphatic rings. The Morgan fingerprint density at radius 2 is 2.12 bits per heavy atom. The van der Waals surface area contributed by atoms with Crippen molar-refractivity contribution in [2.75, 3.05) is 0 Å². The molecule has 24 heavy (non-hydrogen) atoms. The summed E-state index contributed by atoms with van der Waals surface area (Å²) in [4.78, 5) is 27.1. The van der Waals surface area contributed by atoms with Gasteiger partial charge < -0.3 is 5.11 Å². The van der Waals surface area contributed by atoms with Gasteiger partial charge in [0.15, 0.2) is 0 Å². The maximum absolute atomic E-state index is 12.7. The Morgan fingerprint density at radius 1 is 1.38 bits per heavy atom. The normalized spacial score (nSPS) is 17.5. The van der Waals surface area contributed by atoms with Crippen LogP contribution in [-0.2, 0) is 23.9 Å². The van der Waals surface area contributed by atoms with Crippen molar-refractivity contribution in [1.82, 2.24) is 19.3 Å². The van der Waals surface area contributed by atoms with Gasteiger partial charge in [0.25, 0.3) is 0 Å². The van der Waals surface area contributed by atoms with Crippen molar-refractivity contribution in [3.05, 3.63) is 45.9 Å². The number of fused-ring (bicyclic) bond motifs is 1. The predicted molar refractivity (Wildman–Crippen MR) is 74.4 cm³/mol. The molecule has 0 saturated heterocycles. The third-order valence-electron chi connectivity index (χ3n) is 3.82. The number of nitrogens with zero attached hydrogens (tertiary/aromatic N) is 4. The lowest BCUT2D eigenvalue weighted by Crippen LogP contribution is -2.34. The van der Waals surface area contributed by atoms with Crippen LogP contribution in [0.1, 0.15) is 36.1 Å². The molecule has 0 bridgehead atoms. The first-order valence-electron chi connectivity index (χ1n) is 7.21. The number of halogens is 3. The van der Waals surface area contributed by atoms with Gasteiger partial charge in [-0.3, -0.25) is 4.57 Å². The van der Waals surface area contributed by atoms with E-state index >= 15 is 0 Å². The van der Waals surface area contributed by atoms with Crippen LogP contribution in [0.5, 0.6) is 0 Å². The van der Waals surface area contributed by atoms with Crippen LogP contribution in [0.3, 0.4) is 0 Å². The van der Waals surface area contributed by atoms with E-state index in [0.29, 0.717) is 25.1 Å². The van der Waals surface area contributed by atoms with Crippen LogP contribution < -0.4 is 5.69 Å². The number of alkyl halides is 3. The quantitative estimate of drug-likeness (QED) is 0.912. The van der Waals surface area contributed by atoms with E-state index in [1.54, 1.807) is 0 Å². The largest absolute Gasteiger partial charge is 0.480 e. The molecule has 1 aliphatic heterocycles. The molecular weight excluding hydrogens is 329 g/mol. The molecule has 0 spiro atoms. The van der Waals surface area contributed by atoms with Crippen LogP contribution in [0.15, 0.2) is 23.0 Å². The van der Waals surface area contributed by atoms with E-state index in [9.17, 15) is 27.9 Å². The summed E-state index contributed by atoms with van der Waals surface area (Å²) >= 11 is 0. The number of rotatable bonds is 3.